The number of likely N-dealkylation sites (tertiary alicyclic amines) is 2. The second-order valence-corrected chi connectivity index (χ2v) is 27.6. The average molecular weight is 1400 g/mol. The zero-order valence-electron chi connectivity index (χ0n) is 56.4. The summed E-state index contributed by atoms with van der Waals surface area (Å²) >= 11 is 1.48. The molecule has 3 aliphatic heterocycles. The van der Waals surface area contributed by atoms with Crippen molar-refractivity contribution in [3.8, 4) is 11.1 Å². The predicted molar refractivity (Wildman–Crippen MR) is 368 cm³/mol. The molecule has 0 bridgehead atoms. The van der Waals surface area contributed by atoms with Gasteiger partial charge in [0.05, 0.1) is 39.7 Å². The number of likely N-dealkylation sites (N-methyl/N-ethyl adjacent to an activating group) is 2. The molecule has 7 aromatic rings. The number of nitrogens with one attached hydrogen (secondary N) is 2. The first-order valence-electron chi connectivity index (χ1n) is 34.1. The van der Waals surface area contributed by atoms with E-state index in [1.54, 1.807) is 34.9 Å². The van der Waals surface area contributed by atoms with Crippen molar-refractivity contribution in [3.05, 3.63) is 184 Å². The third-order valence-electron chi connectivity index (χ3n) is 20.0. The number of nitrogens with zero attached hydrogens (tertiary/aromatic N) is 7. The SMILES string of the molecule is CN(CCN1CCC(OC(=O)Nc2ccccc2-c2ccccc2)CC1)C(=O)CCCCCNc1nc2ccc(C(=O)N(C)CCCN(C)C(=O)CO[C@H]3Cc4ccccc4C34CCN(CC[C@@]3(c5ccc(F)cc5)CN(C(=O)c5cc(C(F)(F)F)cc(C(F)(F)F)c5)CO3)CC4)cc2s1. The summed E-state index contributed by atoms with van der Waals surface area (Å²) in [6.45, 7) is 5.24. The molecule has 100 heavy (non-hydrogen) atoms. The normalized spacial score (nSPS) is 18.1. The van der Waals surface area contributed by atoms with Gasteiger partial charge in [-0.2, -0.15) is 26.3 Å². The summed E-state index contributed by atoms with van der Waals surface area (Å²) < 4.78 is 117. The Morgan fingerprint density at radius 1 is 0.690 bits per heavy atom. The molecule has 11 rings (SSSR count). The molecule has 6 aromatic carbocycles. The van der Waals surface area contributed by atoms with Crippen molar-refractivity contribution in [1.29, 1.82) is 0 Å². The molecule has 0 radical (unpaired) electrons. The molecule has 1 aromatic heterocycles. The van der Waals surface area contributed by atoms with Crippen LogP contribution in [-0.2, 0) is 53.6 Å². The van der Waals surface area contributed by atoms with E-state index in [1.165, 1.54) is 35.6 Å². The summed E-state index contributed by atoms with van der Waals surface area (Å²) in [4.78, 5) is 82.5. The molecule has 0 unspecified atom stereocenters. The first kappa shape index (κ1) is 72.8. The Morgan fingerprint density at radius 3 is 2.09 bits per heavy atom. The summed E-state index contributed by atoms with van der Waals surface area (Å²) in [5.41, 5.74) is 1.04. The van der Waals surface area contributed by atoms with Gasteiger partial charge in [-0.1, -0.05) is 103 Å². The average Bonchev–Trinajstić information content (AvgIpc) is 1.58. The smallest absolute Gasteiger partial charge is 0.416 e. The first-order chi connectivity index (χ1) is 47.9. The monoisotopic (exact) mass is 1400 g/mol. The van der Waals surface area contributed by atoms with Crippen LogP contribution in [0.25, 0.3) is 21.3 Å². The molecular weight excluding hydrogens is 1320 g/mol. The maximum Gasteiger partial charge on any atom is 0.416 e. The van der Waals surface area contributed by atoms with Crippen LogP contribution in [0.4, 0.5) is 46.3 Å². The maximum absolute atomic E-state index is 14.3. The fourth-order valence-corrected chi connectivity index (χ4v) is 15.0. The number of aromatic nitrogens is 1. The van der Waals surface area contributed by atoms with E-state index in [0.717, 1.165) is 94.2 Å². The van der Waals surface area contributed by atoms with Crippen molar-refractivity contribution >= 4 is 62.1 Å². The van der Waals surface area contributed by atoms with Gasteiger partial charge in [0.15, 0.2) is 5.13 Å². The fraction of sp³-hybridized carbons (Fsp3) is 0.440. The second-order valence-electron chi connectivity index (χ2n) is 26.6. The number of halogens is 7. The number of para-hydroxylation sites is 1. The lowest BCUT2D eigenvalue weighted by Crippen LogP contribution is -2.50. The van der Waals surface area contributed by atoms with Gasteiger partial charge in [-0.05, 0) is 148 Å². The molecule has 1 aliphatic carbocycles. The van der Waals surface area contributed by atoms with E-state index in [2.05, 4.69) is 32.6 Å². The number of carbonyl (C=O) groups is 5. The lowest BCUT2D eigenvalue weighted by molar-refractivity contribution is -0.143. The Kier molecular flexibility index (Phi) is 23.3. The summed E-state index contributed by atoms with van der Waals surface area (Å²) in [6, 6.07) is 37.4. The minimum atomic E-state index is -5.15. The zero-order valence-corrected chi connectivity index (χ0v) is 57.2. The van der Waals surface area contributed by atoms with Gasteiger partial charge in [0, 0.05) is 102 Å². The minimum Gasteiger partial charge on any atom is -0.446 e. The van der Waals surface area contributed by atoms with Crippen molar-refractivity contribution in [3.63, 3.8) is 0 Å². The number of hydrogen-bond donors (Lipinski definition) is 2. The summed E-state index contributed by atoms with van der Waals surface area (Å²) in [5, 5.41) is 7.09. The number of alkyl halides is 6. The number of rotatable bonds is 26. The van der Waals surface area contributed by atoms with Gasteiger partial charge in [0.1, 0.15) is 30.9 Å². The van der Waals surface area contributed by atoms with Crippen LogP contribution in [0.3, 0.4) is 0 Å². The topological polar surface area (TPSA) is 169 Å². The second kappa shape index (κ2) is 32.0. The molecule has 2 N–H and O–H groups in total. The Morgan fingerprint density at radius 2 is 1.36 bits per heavy atom. The van der Waals surface area contributed by atoms with Crippen LogP contribution in [0, 0.1) is 5.82 Å². The number of carbonyl (C=O) groups excluding carboxylic acids is 5. The van der Waals surface area contributed by atoms with Crippen LogP contribution in [0.1, 0.15) is 113 Å². The molecule has 0 saturated carbocycles. The van der Waals surface area contributed by atoms with Crippen LogP contribution < -0.4 is 10.6 Å². The number of benzene rings is 6. The minimum absolute atomic E-state index is 0.0286. The van der Waals surface area contributed by atoms with Crippen LogP contribution in [0.5, 0.6) is 0 Å². The number of ether oxygens (including phenoxy) is 3. The quantitative estimate of drug-likeness (QED) is 0.0389. The number of unbranched alkanes of at least 4 members (excludes halogenated alkanes) is 2. The number of piperidine rings is 2. The van der Waals surface area contributed by atoms with E-state index in [0.29, 0.717) is 107 Å². The van der Waals surface area contributed by atoms with E-state index >= 15 is 0 Å². The molecule has 3 saturated heterocycles. The molecule has 5 amide bonds. The zero-order chi connectivity index (χ0) is 70.8. The van der Waals surface area contributed by atoms with E-state index in [-0.39, 0.29) is 55.6 Å². The van der Waals surface area contributed by atoms with E-state index < -0.39 is 64.6 Å². The third kappa shape index (κ3) is 17.8. The molecule has 17 nitrogen and oxygen atoms in total. The van der Waals surface area contributed by atoms with Gasteiger partial charge in [0.25, 0.3) is 11.8 Å². The Bertz CT molecular complexity index is 3960. The Hall–Kier alpha value is -8.49. The maximum atomic E-state index is 14.3. The first-order valence-corrected chi connectivity index (χ1v) is 34.9. The molecule has 4 heterocycles. The lowest BCUT2D eigenvalue weighted by Gasteiger charge is -2.44. The largest absolute Gasteiger partial charge is 0.446 e. The summed E-state index contributed by atoms with van der Waals surface area (Å²) in [7, 11) is 5.31. The number of hydrogen-bond acceptors (Lipinski definition) is 13. The van der Waals surface area contributed by atoms with Crippen LogP contribution in [-0.4, -0.2) is 183 Å². The van der Waals surface area contributed by atoms with Gasteiger partial charge in [-0.25, -0.2) is 14.2 Å². The van der Waals surface area contributed by atoms with Crippen LogP contribution in [0.2, 0.25) is 0 Å². The molecule has 3 fully saturated rings. The highest BCUT2D eigenvalue weighted by atomic mass is 32.1. The van der Waals surface area contributed by atoms with Crippen molar-refractivity contribution in [2.45, 2.75) is 106 Å². The van der Waals surface area contributed by atoms with E-state index in [1.807, 2.05) is 85.9 Å². The van der Waals surface area contributed by atoms with Crippen LogP contribution >= 0.6 is 11.3 Å². The summed E-state index contributed by atoms with van der Waals surface area (Å²) in [5.74, 6) is -1.85. The standard InChI is InChI=1S/C75H84F7N9O8S/c1-86(67(93)48-97-65-46-52-17-9-11-19-61(52)72(65)30-38-90(39-31-72)40-32-73(55-23-25-58(76)26-24-55)49-91(50-98-73)69(95)54-43-56(74(77,78)79)47-57(44-54)75(80,81)82)34-14-35-88(3)68(94)53-22-27-63-64(45-53)100-70(84-63)83-33-13-5-8-21-66(92)87(2)41-42-89-36-28-59(29-37-89)99-71(96)85-62-20-12-10-18-60(62)51-15-6-4-7-16-51/h4,6-7,9-12,15-20,22-27,43-45,47,59,65H,5,8,13-14,21,28-42,46,48-50H2,1-3H3,(H,83,84)(H,85,96)/t65-,73-/m0/s1. The van der Waals surface area contributed by atoms with Gasteiger partial charge in [-0.3, -0.25) is 24.5 Å². The van der Waals surface area contributed by atoms with Gasteiger partial charge in [-0.15, -0.1) is 0 Å². The summed E-state index contributed by atoms with van der Waals surface area (Å²) in [6.07, 6.45) is -4.11. The molecule has 25 heteroatoms. The van der Waals surface area contributed by atoms with Crippen molar-refractivity contribution in [1.82, 2.24) is 34.4 Å². The van der Waals surface area contributed by atoms with Gasteiger partial charge < -0.3 is 48.9 Å². The fourth-order valence-electron chi connectivity index (χ4n) is 14.1. The molecule has 4 aliphatic rings. The van der Waals surface area contributed by atoms with E-state index in [4.69, 9.17) is 19.2 Å². The molecule has 2 atom stereocenters. The number of anilines is 2. The van der Waals surface area contributed by atoms with Crippen LogP contribution in [0.15, 0.2) is 140 Å². The molecule has 1 spiro atoms. The molecule has 532 valence electrons. The highest BCUT2D eigenvalue weighted by molar-refractivity contribution is 7.22. The Labute approximate surface area is 581 Å². The third-order valence-corrected chi connectivity index (χ3v) is 20.9. The highest BCUT2D eigenvalue weighted by Crippen LogP contribution is 2.49. The number of thiazole rings is 1. The lowest BCUT2D eigenvalue weighted by atomic mass is 9.72. The van der Waals surface area contributed by atoms with Gasteiger partial charge >= 0.3 is 18.4 Å². The van der Waals surface area contributed by atoms with Crippen molar-refractivity contribution in [2.75, 3.05) is 117 Å². The number of amides is 5. The number of fused-ring (bicyclic) bond motifs is 3. The molecular formula is C75H84F7N9O8S. The Balaban J connectivity index is 0.576. The van der Waals surface area contributed by atoms with Gasteiger partial charge in [0.2, 0.25) is 11.8 Å². The van der Waals surface area contributed by atoms with Crippen molar-refractivity contribution < 1.29 is 68.9 Å². The predicted octanol–water partition coefficient (Wildman–Crippen LogP) is 13.6. The van der Waals surface area contributed by atoms with E-state index in [9.17, 15) is 54.7 Å². The van der Waals surface area contributed by atoms with Crippen molar-refractivity contribution in [2.24, 2.45) is 0 Å². The highest BCUT2D eigenvalue weighted by Gasteiger charge is 2.50.